The Labute approximate surface area is 169 Å². The highest BCUT2D eigenvalue weighted by Gasteiger charge is 2.33. The minimum atomic E-state index is -0.167. The Morgan fingerprint density at radius 2 is 1.59 bits per heavy atom. The van der Waals surface area contributed by atoms with E-state index in [1.54, 1.807) is 0 Å². The Hall–Kier alpha value is -3.28. The molecule has 5 rings (SSSR count). The van der Waals surface area contributed by atoms with E-state index in [1.807, 2.05) is 47.4 Å². The van der Waals surface area contributed by atoms with Gasteiger partial charge in [0, 0.05) is 43.2 Å². The lowest BCUT2D eigenvalue weighted by Gasteiger charge is -2.35. The summed E-state index contributed by atoms with van der Waals surface area (Å²) >= 11 is 0. The Morgan fingerprint density at radius 1 is 0.897 bits per heavy atom. The fourth-order valence-corrected chi connectivity index (χ4v) is 3.84. The molecular weight excluding hydrogens is 366 g/mol. The number of anilines is 2. The zero-order valence-electron chi connectivity index (χ0n) is 16.1. The van der Waals surface area contributed by atoms with Crippen LogP contribution in [0.25, 0.3) is 11.0 Å². The summed E-state index contributed by atoms with van der Waals surface area (Å²) in [5.41, 5.74) is 2.29. The molecule has 1 N–H and O–H groups in total. The molecule has 2 amide bonds. The number of hydrogen-bond donors (Lipinski definition) is 1. The van der Waals surface area contributed by atoms with Crippen LogP contribution in [0.1, 0.15) is 23.4 Å². The summed E-state index contributed by atoms with van der Waals surface area (Å²) in [5, 5.41) is 3.73. The molecule has 6 heteroatoms. The van der Waals surface area contributed by atoms with Gasteiger partial charge < -0.3 is 19.5 Å². The third-order valence-corrected chi connectivity index (χ3v) is 5.67. The molecule has 1 aromatic heterocycles. The van der Waals surface area contributed by atoms with Crippen LogP contribution in [0, 0.1) is 5.92 Å². The van der Waals surface area contributed by atoms with E-state index in [-0.39, 0.29) is 23.5 Å². The molecule has 29 heavy (non-hydrogen) atoms. The van der Waals surface area contributed by atoms with E-state index in [1.165, 1.54) is 5.69 Å². The van der Waals surface area contributed by atoms with Gasteiger partial charge in [-0.1, -0.05) is 30.3 Å². The summed E-state index contributed by atoms with van der Waals surface area (Å²) in [6.07, 6.45) is 1.82. The number of hydrogen-bond acceptors (Lipinski definition) is 4. The average Bonchev–Trinajstić information content (AvgIpc) is 3.57. The van der Waals surface area contributed by atoms with E-state index in [0.717, 1.165) is 31.3 Å². The lowest BCUT2D eigenvalue weighted by Crippen LogP contribution is -2.48. The third kappa shape index (κ3) is 3.46. The van der Waals surface area contributed by atoms with Gasteiger partial charge in [0.2, 0.25) is 11.7 Å². The van der Waals surface area contributed by atoms with Crippen molar-refractivity contribution < 1.29 is 14.0 Å². The minimum absolute atomic E-state index is 0.0282. The molecule has 148 valence electrons. The number of carbonyl (C=O) groups is 2. The molecule has 2 aromatic carbocycles. The summed E-state index contributed by atoms with van der Waals surface area (Å²) in [6.45, 7) is 2.75. The fourth-order valence-electron chi connectivity index (χ4n) is 3.84. The van der Waals surface area contributed by atoms with Crippen LogP contribution in [0.15, 0.2) is 59.0 Å². The molecule has 0 atom stereocenters. The van der Waals surface area contributed by atoms with Crippen LogP contribution in [-0.4, -0.2) is 42.9 Å². The van der Waals surface area contributed by atoms with Gasteiger partial charge in [0.1, 0.15) is 11.3 Å². The molecule has 1 saturated heterocycles. The van der Waals surface area contributed by atoms with E-state index in [4.69, 9.17) is 4.42 Å². The number of nitrogens with zero attached hydrogens (tertiary/aromatic N) is 2. The van der Waals surface area contributed by atoms with E-state index in [0.29, 0.717) is 24.4 Å². The maximum atomic E-state index is 13.3. The zero-order chi connectivity index (χ0) is 19.8. The van der Waals surface area contributed by atoms with Gasteiger partial charge in [-0.3, -0.25) is 9.59 Å². The zero-order valence-corrected chi connectivity index (χ0v) is 16.1. The monoisotopic (exact) mass is 389 g/mol. The normalized spacial score (nSPS) is 16.8. The number of rotatable bonds is 4. The largest absolute Gasteiger partial charge is 0.449 e. The summed E-state index contributed by atoms with van der Waals surface area (Å²) in [4.78, 5) is 29.7. The second-order valence-electron chi connectivity index (χ2n) is 7.68. The molecule has 2 fully saturated rings. The summed E-state index contributed by atoms with van der Waals surface area (Å²) in [5.74, 6) is 0.0916. The summed E-state index contributed by atoms with van der Waals surface area (Å²) < 4.78 is 5.91. The fraction of sp³-hybridized carbons (Fsp3) is 0.304. The Kier molecular flexibility index (Phi) is 4.46. The van der Waals surface area contributed by atoms with Gasteiger partial charge in [-0.25, -0.2) is 0 Å². The number of para-hydroxylation sites is 2. The highest BCUT2D eigenvalue weighted by molar-refractivity contribution is 6.11. The Bertz CT molecular complexity index is 1050. The first-order valence-electron chi connectivity index (χ1n) is 10.1. The Balaban J connectivity index is 1.37. The van der Waals surface area contributed by atoms with Gasteiger partial charge >= 0.3 is 0 Å². The van der Waals surface area contributed by atoms with E-state index < -0.39 is 0 Å². The highest BCUT2D eigenvalue weighted by Crippen LogP contribution is 2.35. The van der Waals surface area contributed by atoms with Gasteiger partial charge in [-0.05, 0) is 37.1 Å². The molecule has 1 saturated carbocycles. The van der Waals surface area contributed by atoms with Crippen molar-refractivity contribution >= 4 is 34.2 Å². The van der Waals surface area contributed by atoms with Crippen LogP contribution >= 0.6 is 0 Å². The molecule has 1 aliphatic carbocycles. The van der Waals surface area contributed by atoms with Gasteiger partial charge in [-0.2, -0.15) is 0 Å². The maximum absolute atomic E-state index is 13.3. The second kappa shape index (κ2) is 7.28. The standard InChI is InChI=1S/C23H23N3O3/c27-22(16-10-11-16)24-20-18-8-4-5-9-19(18)29-21(20)23(28)26-14-12-25(13-15-26)17-6-2-1-3-7-17/h1-9,16H,10-15H2,(H,24,27). The van der Waals surface area contributed by atoms with Gasteiger partial charge in [-0.15, -0.1) is 0 Å². The number of piperazine rings is 1. The maximum Gasteiger partial charge on any atom is 0.291 e. The van der Waals surface area contributed by atoms with Crippen molar-refractivity contribution in [1.29, 1.82) is 0 Å². The van der Waals surface area contributed by atoms with Crippen LogP contribution in [0.2, 0.25) is 0 Å². The van der Waals surface area contributed by atoms with Crippen molar-refractivity contribution in [2.45, 2.75) is 12.8 Å². The first kappa shape index (κ1) is 17.8. The molecule has 6 nitrogen and oxygen atoms in total. The molecular formula is C23H23N3O3. The van der Waals surface area contributed by atoms with Crippen molar-refractivity contribution in [1.82, 2.24) is 4.90 Å². The number of nitrogens with one attached hydrogen (secondary N) is 1. The van der Waals surface area contributed by atoms with E-state index >= 15 is 0 Å². The van der Waals surface area contributed by atoms with Crippen molar-refractivity contribution in [3.05, 3.63) is 60.4 Å². The summed E-state index contributed by atoms with van der Waals surface area (Å²) in [7, 11) is 0. The minimum Gasteiger partial charge on any atom is -0.449 e. The van der Waals surface area contributed by atoms with Crippen molar-refractivity contribution in [3.8, 4) is 0 Å². The van der Waals surface area contributed by atoms with E-state index in [9.17, 15) is 9.59 Å². The second-order valence-corrected chi connectivity index (χ2v) is 7.68. The third-order valence-electron chi connectivity index (χ3n) is 5.67. The first-order chi connectivity index (χ1) is 14.2. The van der Waals surface area contributed by atoms with Crippen LogP contribution < -0.4 is 10.2 Å². The summed E-state index contributed by atoms with van der Waals surface area (Å²) in [6, 6.07) is 17.7. The molecule has 0 spiro atoms. The molecule has 1 aliphatic heterocycles. The quantitative estimate of drug-likeness (QED) is 0.738. The lowest BCUT2D eigenvalue weighted by atomic mass is 10.2. The predicted molar refractivity (Wildman–Crippen MR) is 112 cm³/mol. The van der Waals surface area contributed by atoms with Crippen molar-refractivity contribution in [2.75, 3.05) is 36.4 Å². The molecule has 2 heterocycles. The smallest absolute Gasteiger partial charge is 0.291 e. The average molecular weight is 389 g/mol. The predicted octanol–water partition coefficient (Wildman–Crippen LogP) is 3.74. The number of fused-ring (bicyclic) bond motifs is 1. The van der Waals surface area contributed by atoms with Crippen LogP contribution in [0.4, 0.5) is 11.4 Å². The number of carbonyl (C=O) groups excluding carboxylic acids is 2. The molecule has 0 bridgehead atoms. The Morgan fingerprint density at radius 3 is 2.31 bits per heavy atom. The van der Waals surface area contributed by atoms with E-state index in [2.05, 4.69) is 22.3 Å². The van der Waals surface area contributed by atoms with Crippen molar-refractivity contribution in [3.63, 3.8) is 0 Å². The number of benzene rings is 2. The highest BCUT2D eigenvalue weighted by atomic mass is 16.3. The molecule has 0 unspecified atom stereocenters. The van der Waals surface area contributed by atoms with Crippen molar-refractivity contribution in [2.24, 2.45) is 5.92 Å². The molecule has 2 aliphatic rings. The lowest BCUT2D eigenvalue weighted by molar-refractivity contribution is -0.117. The van der Waals surface area contributed by atoms with Gasteiger partial charge in [0.05, 0.1) is 0 Å². The van der Waals surface area contributed by atoms with Crippen LogP contribution in [0.3, 0.4) is 0 Å². The SMILES string of the molecule is O=C(Nc1c(C(=O)N2CCN(c3ccccc3)CC2)oc2ccccc12)C1CC1. The van der Waals surface area contributed by atoms with Crippen LogP contribution in [0.5, 0.6) is 0 Å². The first-order valence-corrected chi connectivity index (χ1v) is 10.1. The van der Waals surface area contributed by atoms with Crippen LogP contribution in [-0.2, 0) is 4.79 Å². The molecule has 0 radical (unpaired) electrons. The topological polar surface area (TPSA) is 65.8 Å². The van der Waals surface area contributed by atoms with Gasteiger partial charge in [0.15, 0.2) is 0 Å². The number of amides is 2. The molecule has 3 aromatic rings. The number of furan rings is 1. The van der Waals surface area contributed by atoms with Gasteiger partial charge in [0.25, 0.3) is 5.91 Å².